The maximum atomic E-state index is 13.2. The summed E-state index contributed by atoms with van der Waals surface area (Å²) in [6.07, 6.45) is 1.28. The molecule has 2 unspecified atom stereocenters. The number of pyridine rings is 1. The fourth-order valence-electron chi connectivity index (χ4n) is 1.14. The number of nitrogens with one attached hydrogen (secondary N) is 1. The first-order chi connectivity index (χ1) is 7.56. The van der Waals surface area contributed by atoms with Crippen molar-refractivity contribution in [3.8, 4) is 0 Å². The zero-order chi connectivity index (χ0) is 12.1. The van der Waals surface area contributed by atoms with Crippen LogP contribution in [0, 0.1) is 11.9 Å². The van der Waals surface area contributed by atoms with E-state index in [1.807, 2.05) is 0 Å². The summed E-state index contributed by atoms with van der Waals surface area (Å²) in [5, 5.41) is 11.5. The van der Waals surface area contributed by atoms with Gasteiger partial charge in [-0.05, 0) is 25.0 Å². The molecule has 0 fully saturated rings. The number of hydrogen-bond acceptors (Lipinski definition) is 3. The number of rotatable bonds is 4. The predicted octanol–water partition coefficient (Wildman–Crippen LogP) is 0.967. The SMILES string of the molecule is CC(CO)C(C)NC(=O)c1cccnc1F. The normalized spacial score (nSPS) is 14.2. The molecule has 0 aliphatic rings. The van der Waals surface area contributed by atoms with Gasteiger partial charge in [-0.3, -0.25) is 4.79 Å². The summed E-state index contributed by atoms with van der Waals surface area (Å²) < 4.78 is 13.2. The molecule has 1 heterocycles. The molecule has 1 rings (SSSR count). The molecular weight excluding hydrogens is 211 g/mol. The van der Waals surface area contributed by atoms with E-state index in [0.717, 1.165) is 0 Å². The van der Waals surface area contributed by atoms with Crippen LogP contribution in [-0.4, -0.2) is 28.6 Å². The quantitative estimate of drug-likeness (QED) is 0.752. The maximum absolute atomic E-state index is 13.2. The summed E-state index contributed by atoms with van der Waals surface area (Å²) in [6, 6.07) is 2.64. The van der Waals surface area contributed by atoms with E-state index in [2.05, 4.69) is 10.3 Å². The molecule has 88 valence electrons. The Labute approximate surface area is 93.5 Å². The van der Waals surface area contributed by atoms with Gasteiger partial charge in [0.05, 0.1) is 5.56 Å². The van der Waals surface area contributed by atoms with E-state index in [1.165, 1.54) is 18.3 Å². The molecule has 0 radical (unpaired) electrons. The van der Waals surface area contributed by atoms with E-state index in [9.17, 15) is 9.18 Å². The highest BCUT2D eigenvalue weighted by Crippen LogP contribution is 2.06. The van der Waals surface area contributed by atoms with Crippen molar-refractivity contribution in [1.29, 1.82) is 0 Å². The Balaban J connectivity index is 2.70. The minimum absolute atomic E-state index is 0.0308. The Morgan fingerprint density at radius 3 is 2.88 bits per heavy atom. The van der Waals surface area contributed by atoms with Crippen molar-refractivity contribution in [2.24, 2.45) is 5.92 Å². The average molecular weight is 226 g/mol. The lowest BCUT2D eigenvalue weighted by molar-refractivity contribution is 0.0911. The Bertz CT molecular complexity index is 371. The molecule has 0 saturated carbocycles. The van der Waals surface area contributed by atoms with Crippen LogP contribution in [0.2, 0.25) is 0 Å². The summed E-state index contributed by atoms with van der Waals surface area (Å²) in [5.74, 6) is -1.38. The number of aliphatic hydroxyl groups is 1. The van der Waals surface area contributed by atoms with E-state index in [-0.39, 0.29) is 24.1 Å². The summed E-state index contributed by atoms with van der Waals surface area (Å²) >= 11 is 0. The van der Waals surface area contributed by atoms with E-state index in [4.69, 9.17) is 5.11 Å². The van der Waals surface area contributed by atoms with Crippen LogP contribution in [0.3, 0.4) is 0 Å². The minimum Gasteiger partial charge on any atom is -0.396 e. The second-order valence-electron chi connectivity index (χ2n) is 3.76. The van der Waals surface area contributed by atoms with Gasteiger partial charge in [-0.15, -0.1) is 0 Å². The Morgan fingerprint density at radius 2 is 2.31 bits per heavy atom. The van der Waals surface area contributed by atoms with Gasteiger partial charge in [0.15, 0.2) is 0 Å². The van der Waals surface area contributed by atoms with Crippen LogP contribution in [0.15, 0.2) is 18.3 Å². The summed E-state index contributed by atoms with van der Waals surface area (Å²) in [4.78, 5) is 15.0. The molecule has 4 nitrogen and oxygen atoms in total. The third-order valence-electron chi connectivity index (χ3n) is 2.50. The summed E-state index contributed by atoms with van der Waals surface area (Å²) in [7, 11) is 0. The van der Waals surface area contributed by atoms with E-state index in [0.29, 0.717) is 0 Å². The van der Waals surface area contributed by atoms with Gasteiger partial charge < -0.3 is 10.4 Å². The van der Waals surface area contributed by atoms with Crippen molar-refractivity contribution >= 4 is 5.91 Å². The van der Waals surface area contributed by atoms with Crippen molar-refractivity contribution in [1.82, 2.24) is 10.3 Å². The Morgan fingerprint density at radius 1 is 1.62 bits per heavy atom. The zero-order valence-corrected chi connectivity index (χ0v) is 9.27. The molecule has 0 aromatic carbocycles. The van der Waals surface area contributed by atoms with Crippen LogP contribution in [0.25, 0.3) is 0 Å². The molecule has 16 heavy (non-hydrogen) atoms. The number of carbonyl (C=O) groups is 1. The highest BCUT2D eigenvalue weighted by molar-refractivity contribution is 5.94. The monoisotopic (exact) mass is 226 g/mol. The predicted molar refractivity (Wildman–Crippen MR) is 57.4 cm³/mol. The molecule has 0 aliphatic heterocycles. The minimum atomic E-state index is -0.788. The van der Waals surface area contributed by atoms with Crippen LogP contribution >= 0.6 is 0 Å². The molecule has 0 bridgehead atoms. The van der Waals surface area contributed by atoms with Gasteiger partial charge in [0, 0.05) is 18.8 Å². The zero-order valence-electron chi connectivity index (χ0n) is 9.27. The summed E-state index contributed by atoms with van der Waals surface area (Å²) in [6.45, 7) is 3.52. The molecular formula is C11H15FN2O2. The number of carbonyl (C=O) groups excluding carboxylic acids is 1. The summed E-state index contributed by atoms with van der Waals surface area (Å²) in [5.41, 5.74) is -0.0838. The first-order valence-electron chi connectivity index (χ1n) is 5.08. The van der Waals surface area contributed by atoms with Crippen molar-refractivity contribution < 1.29 is 14.3 Å². The average Bonchev–Trinajstić information content (AvgIpc) is 2.28. The fourth-order valence-corrected chi connectivity index (χ4v) is 1.14. The van der Waals surface area contributed by atoms with Gasteiger partial charge in [0.2, 0.25) is 5.95 Å². The van der Waals surface area contributed by atoms with Crippen LogP contribution in [0.4, 0.5) is 4.39 Å². The van der Waals surface area contributed by atoms with Crippen LogP contribution in [0.1, 0.15) is 24.2 Å². The number of halogens is 1. The van der Waals surface area contributed by atoms with Crippen molar-refractivity contribution in [2.75, 3.05) is 6.61 Å². The van der Waals surface area contributed by atoms with Gasteiger partial charge >= 0.3 is 0 Å². The molecule has 0 saturated heterocycles. The Hall–Kier alpha value is -1.49. The van der Waals surface area contributed by atoms with Gasteiger partial charge in [0.25, 0.3) is 5.91 Å². The third-order valence-corrected chi connectivity index (χ3v) is 2.50. The lowest BCUT2D eigenvalue weighted by Gasteiger charge is -2.19. The molecule has 1 aromatic heterocycles. The van der Waals surface area contributed by atoms with Crippen LogP contribution in [-0.2, 0) is 0 Å². The molecule has 5 heteroatoms. The molecule has 0 spiro atoms. The van der Waals surface area contributed by atoms with Gasteiger partial charge in [0.1, 0.15) is 0 Å². The molecule has 2 atom stereocenters. The van der Waals surface area contributed by atoms with E-state index >= 15 is 0 Å². The van der Waals surface area contributed by atoms with Crippen LogP contribution < -0.4 is 5.32 Å². The maximum Gasteiger partial charge on any atom is 0.256 e. The number of amides is 1. The lowest BCUT2D eigenvalue weighted by Crippen LogP contribution is -2.38. The first kappa shape index (κ1) is 12.6. The second kappa shape index (κ2) is 5.55. The van der Waals surface area contributed by atoms with Crippen LogP contribution in [0.5, 0.6) is 0 Å². The van der Waals surface area contributed by atoms with E-state index in [1.54, 1.807) is 13.8 Å². The largest absolute Gasteiger partial charge is 0.396 e. The number of hydrogen-bond donors (Lipinski definition) is 2. The standard InChI is InChI=1S/C11H15FN2O2/c1-7(6-15)8(2)14-11(16)9-4-3-5-13-10(9)12/h3-5,7-8,15H,6H2,1-2H3,(H,14,16). The molecule has 1 amide bonds. The highest BCUT2D eigenvalue weighted by Gasteiger charge is 2.17. The Kier molecular flexibility index (Phi) is 4.37. The number of nitrogens with zero attached hydrogens (tertiary/aromatic N) is 1. The number of aromatic nitrogens is 1. The number of aliphatic hydroxyl groups excluding tert-OH is 1. The second-order valence-corrected chi connectivity index (χ2v) is 3.76. The fraction of sp³-hybridized carbons (Fsp3) is 0.455. The molecule has 0 aliphatic carbocycles. The molecule has 2 N–H and O–H groups in total. The van der Waals surface area contributed by atoms with Crippen molar-refractivity contribution in [2.45, 2.75) is 19.9 Å². The van der Waals surface area contributed by atoms with E-state index < -0.39 is 11.9 Å². The smallest absolute Gasteiger partial charge is 0.256 e. The van der Waals surface area contributed by atoms with Gasteiger partial charge in [-0.25, -0.2) is 4.98 Å². The van der Waals surface area contributed by atoms with Gasteiger partial charge in [-0.1, -0.05) is 6.92 Å². The van der Waals surface area contributed by atoms with Crippen molar-refractivity contribution in [3.63, 3.8) is 0 Å². The lowest BCUT2D eigenvalue weighted by atomic mass is 10.0. The van der Waals surface area contributed by atoms with Crippen molar-refractivity contribution in [3.05, 3.63) is 29.8 Å². The first-order valence-corrected chi connectivity index (χ1v) is 5.08. The molecule has 1 aromatic rings. The third kappa shape index (κ3) is 3.00. The van der Waals surface area contributed by atoms with Gasteiger partial charge in [-0.2, -0.15) is 4.39 Å². The topological polar surface area (TPSA) is 62.2 Å². The highest BCUT2D eigenvalue weighted by atomic mass is 19.1.